The molecule has 1 aliphatic heterocycles. The molecule has 2 heterocycles. The molecule has 136 valence electrons. The number of hydrogen-bond acceptors (Lipinski definition) is 4. The van der Waals surface area contributed by atoms with Crippen molar-refractivity contribution in [1.29, 1.82) is 0 Å². The van der Waals surface area contributed by atoms with Crippen LogP contribution in [0.4, 0.5) is 0 Å². The van der Waals surface area contributed by atoms with E-state index in [1.165, 1.54) is 11.1 Å². The normalized spacial score (nSPS) is 13.1. The van der Waals surface area contributed by atoms with Crippen LogP contribution in [0, 0.1) is 0 Å². The minimum Gasteiger partial charge on any atom is -0.187 e. The van der Waals surface area contributed by atoms with Gasteiger partial charge < -0.3 is 0 Å². The van der Waals surface area contributed by atoms with Crippen molar-refractivity contribution in [3.05, 3.63) is 89.4 Å². The third kappa shape index (κ3) is 3.23. The van der Waals surface area contributed by atoms with Crippen LogP contribution in [0.5, 0.6) is 0 Å². The number of hydrogen-bond donors (Lipinski definition) is 0. The number of benzene rings is 3. The molecule has 0 unspecified atom stereocenters. The van der Waals surface area contributed by atoms with Crippen LogP contribution in [0.2, 0.25) is 5.02 Å². The van der Waals surface area contributed by atoms with Crippen molar-refractivity contribution < 1.29 is 0 Å². The molecule has 4 aromatic rings. The first-order valence-corrected chi connectivity index (χ1v) is 10.2. The molecule has 0 atom stereocenters. The van der Waals surface area contributed by atoms with Crippen molar-refractivity contribution in [3.8, 4) is 22.5 Å². The molecule has 1 aliphatic rings. The fourth-order valence-electron chi connectivity index (χ4n) is 3.16. The molecule has 0 aliphatic carbocycles. The quantitative estimate of drug-likeness (QED) is 0.446. The lowest BCUT2D eigenvalue weighted by molar-refractivity contribution is 0.762. The molecular formula is C22H15ClN4S. The molecule has 0 saturated heterocycles. The van der Waals surface area contributed by atoms with E-state index in [-0.39, 0.29) is 0 Å². The number of halogens is 1. The van der Waals surface area contributed by atoms with E-state index in [0.717, 1.165) is 27.7 Å². The molecule has 6 heteroatoms. The van der Waals surface area contributed by atoms with E-state index in [4.69, 9.17) is 16.7 Å². The molecule has 1 aromatic heterocycles. The first-order valence-electron chi connectivity index (χ1n) is 8.86. The minimum atomic E-state index is 0.666. The highest BCUT2D eigenvalue weighted by molar-refractivity contribution is 7.99. The van der Waals surface area contributed by atoms with Gasteiger partial charge in [0.1, 0.15) is 0 Å². The zero-order valence-corrected chi connectivity index (χ0v) is 16.4. The van der Waals surface area contributed by atoms with Crippen LogP contribution in [0.25, 0.3) is 22.5 Å². The van der Waals surface area contributed by atoms with Gasteiger partial charge in [-0.15, -0.1) is 10.2 Å². The lowest BCUT2D eigenvalue weighted by Crippen LogP contribution is -2.13. The third-order valence-electron chi connectivity index (χ3n) is 4.58. The van der Waals surface area contributed by atoms with Crippen molar-refractivity contribution >= 4 is 29.1 Å². The molecule has 0 radical (unpaired) electrons. The molecule has 0 spiro atoms. The molecule has 0 bridgehead atoms. The number of nitrogens with zero attached hydrogens (tertiary/aromatic N) is 4. The maximum Gasteiger partial charge on any atom is 0.212 e. The predicted molar refractivity (Wildman–Crippen MR) is 115 cm³/mol. The Morgan fingerprint density at radius 1 is 0.750 bits per heavy atom. The third-order valence-corrected chi connectivity index (χ3v) is 5.74. The van der Waals surface area contributed by atoms with Crippen molar-refractivity contribution in [2.45, 2.75) is 5.16 Å². The highest BCUT2D eigenvalue weighted by Gasteiger charge is 2.20. The Balaban J connectivity index is 1.50. The molecular weight excluding hydrogens is 388 g/mol. The largest absolute Gasteiger partial charge is 0.212 e. The van der Waals surface area contributed by atoms with Crippen LogP contribution in [-0.4, -0.2) is 26.3 Å². The van der Waals surface area contributed by atoms with Crippen LogP contribution in [0.15, 0.2) is 89.1 Å². The van der Waals surface area contributed by atoms with Crippen LogP contribution in [0.1, 0.15) is 5.56 Å². The molecule has 0 fully saturated rings. The maximum absolute atomic E-state index is 6.14. The molecule has 0 amide bonds. The standard InChI is InChI=1S/C22H15ClN4S/c23-19-8-4-7-18(13-19)21-24-25-22-27(21)26-20(14-28-22)17-11-9-16(10-12-17)15-5-2-1-3-6-15/h1-13H,14H2. The Morgan fingerprint density at radius 3 is 2.25 bits per heavy atom. The summed E-state index contributed by atoms with van der Waals surface area (Å²) >= 11 is 7.77. The van der Waals surface area contributed by atoms with Gasteiger partial charge in [0.05, 0.1) is 5.71 Å². The van der Waals surface area contributed by atoms with Crippen LogP contribution in [0.3, 0.4) is 0 Å². The van der Waals surface area contributed by atoms with Crippen LogP contribution >= 0.6 is 23.4 Å². The van der Waals surface area contributed by atoms with Crippen LogP contribution in [-0.2, 0) is 0 Å². The van der Waals surface area contributed by atoms with E-state index in [1.54, 1.807) is 16.4 Å². The molecule has 4 nitrogen and oxygen atoms in total. The van der Waals surface area contributed by atoms with Gasteiger partial charge in [-0.2, -0.15) is 9.78 Å². The van der Waals surface area contributed by atoms with Gasteiger partial charge in [-0.1, -0.05) is 90.1 Å². The topological polar surface area (TPSA) is 43.1 Å². The van der Waals surface area contributed by atoms with E-state index in [0.29, 0.717) is 10.8 Å². The zero-order valence-electron chi connectivity index (χ0n) is 14.8. The van der Waals surface area contributed by atoms with Gasteiger partial charge in [-0.25, -0.2) is 0 Å². The summed E-state index contributed by atoms with van der Waals surface area (Å²) in [4.78, 5) is 0. The number of rotatable bonds is 3. The molecule has 0 saturated carbocycles. The summed E-state index contributed by atoms with van der Waals surface area (Å²) in [5.74, 6) is 1.46. The summed E-state index contributed by atoms with van der Waals surface area (Å²) in [6.07, 6.45) is 0. The SMILES string of the molecule is Clc1cccc(-c2nnc3n2N=C(c2ccc(-c4ccccc4)cc2)CS3)c1. The van der Waals surface area contributed by atoms with E-state index in [1.807, 2.05) is 30.3 Å². The second-order valence-corrected chi connectivity index (χ2v) is 7.79. The van der Waals surface area contributed by atoms with Gasteiger partial charge >= 0.3 is 0 Å². The fraction of sp³-hybridized carbons (Fsp3) is 0.0455. The van der Waals surface area contributed by atoms with E-state index in [2.05, 4.69) is 58.7 Å². The maximum atomic E-state index is 6.14. The summed E-state index contributed by atoms with van der Waals surface area (Å²) in [7, 11) is 0. The second kappa shape index (κ2) is 7.26. The number of fused-ring (bicyclic) bond motifs is 1. The Hall–Kier alpha value is -2.89. The monoisotopic (exact) mass is 402 g/mol. The average molecular weight is 403 g/mol. The van der Waals surface area contributed by atoms with Crippen LogP contribution < -0.4 is 0 Å². The smallest absolute Gasteiger partial charge is 0.187 e. The van der Waals surface area contributed by atoms with Gasteiger partial charge in [0.15, 0.2) is 5.82 Å². The first-order chi connectivity index (χ1) is 13.8. The van der Waals surface area contributed by atoms with Crippen molar-refractivity contribution in [2.24, 2.45) is 5.10 Å². The molecule has 28 heavy (non-hydrogen) atoms. The van der Waals surface area contributed by atoms with Crippen molar-refractivity contribution in [3.63, 3.8) is 0 Å². The molecule has 0 N–H and O–H groups in total. The average Bonchev–Trinajstić information content (AvgIpc) is 3.18. The molecule has 5 rings (SSSR count). The fourth-order valence-corrected chi connectivity index (χ4v) is 4.19. The lowest BCUT2D eigenvalue weighted by atomic mass is 10.0. The summed E-state index contributed by atoms with van der Waals surface area (Å²) in [6, 6.07) is 26.5. The Labute approximate surface area is 171 Å². The zero-order chi connectivity index (χ0) is 18.9. The predicted octanol–water partition coefficient (Wildman–Crippen LogP) is 5.62. The Bertz CT molecular complexity index is 1170. The highest BCUT2D eigenvalue weighted by Crippen LogP contribution is 2.30. The van der Waals surface area contributed by atoms with Gasteiger partial charge in [-0.3, -0.25) is 0 Å². The van der Waals surface area contributed by atoms with Gasteiger partial charge in [-0.05, 0) is 28.8 Å². The number of thioether (sulfide) groups is 1. The molecule has 3 aromatic carbocycles. The van der Waals surface area contributed by atoms with E-state index in [9.17, 15) is 0 Å². The minimum absolute atomic E-state index is 0.666. The highest BCUT2D eigenvalue weighted by atomic mass is 35.5. The number of aromatic nitrogens is 3. The van der Waals surface area contributed by atoms with Crippen molar-refractivity contribution in [1.82, 2.24) is 14.9 Å². The van der Waals surface area contributed by atoms with Gasteiger partial charge in [0.2, 0.25) is 5.16 Å². The van der Waals surface area contributed by atoms with Gasteiger partial charge in [0.25, 0.3) is 0 Å². The summed E-state index contributed by atoms with van der Waals surface area (Å²) < 4.78 is 1.81. The lowest BCUT2D eigenvalue weighted by Gasteiger charge is -2.14. The van der Waals surface area contributed by atoms with E-state index >= 15 is 0 Å². The van der Waals surface area contributed by atoms with E-state index < -0.39 is 0 Å². The summed E-state index contributed by atoms with van der Waals surface area (Å²) in [6.45, 7) is 0. The first kappa shape index (κ1) is 17.2. The van der Waals surface area contributed by atoms with Gasteiger partial charge in [0, 0.05) is 16.3 Å². The summed E-state index contributed by atoms with van der Waals surface area (Å²) in [5, 5.41) is 14.9. The Kier molecular flexibility index (Phi) is 4.47. The van der Waals surface area contributed by atoms with Crippen molar-refractivity contribution in [2.75, 3.05) is 5.75 Å². The summed E-state index contributed by atoms with van der Waals surface area (Å²) in [5.41, 5.74) is 5.40. The second-order valence-electron chi connectivity index (χ2n) is 6.41. The Morgan fingerprint density at radius 2 is 1.46 bits per heavy atom.